The second kappa shape index (κ2) is 9.64. The molecule has 0 heterocycles. The van der Waals surface area contributed by atoms with Crippen molar-refractivity contribution in [3.63, 3.8) is 0 Å². The zero-order chi connectivity index (χ0) is 3.58. The molecule has 3 nitrogen and oxygen atoms in total. The molecule has 0 saturated heterocycles. The van der Waals surface area contributed by atoms with Gasteiger partial charge in [0.25, 0.3) is 0 Å². The largest absolute Gasteiger partial charge is 0 e. The second-order valence-electron chi connectivity index (χ2n) is 0.283. The molecule has 6 heavy (non-hydrogen) atoms. The van der Waals surface area contributed by atoms with Crippen molar-refractivity contribution in [2.24, 2.45) is 0 Å². The molecule has 6 heteroatoms. The Morgan fingerprint density at radius 3 is 1.33 bits per heavy atom. The molecule has 0 fully saturated rings. The van der Waals surface area contributed by atoms with E-state index in [-0.39, 0.29) is 54.8 Å². The van der Waals surface area contributed by atoms with Gasteiger partial charge < -0.3 is 9.59 Å². The van der Waals surface area contributed by atoms with E-state index in [9.17, 15) is 0 Å². The molecule has 1 radical (unpaired) electrons. The van der Waals surface area contributed by atoms with E-state index in [0.717, 1.165) is 0 Å². The van der Waals surface area contributed by atoms with E-state index in [2.05, 4.69) is 0 Å². The Bertz CT molecular complexity index is 33.8. The Hall–Kier alpha value is 1.40. The Balaban J connectivity index is -0.0000000450. The summed E-state index contributed by atoms with van der Waals surface area (Å²) in [5, 5.41) is 0. The summed E-state index contributed by atoms with van der Waals surface area (Å²) in [5.74, 6) is 0. The topological polar surface area (TPSA) is 57.5 Å². The van der Waals surface area contributed by atoms with Gasteiger partial charge in [0.2, 0.25) is 0 Å². The van der Waals surface area contributed by atoms with Gasteiger partial charge in [0.15, 0.2) is 0 Å². The summed E-state index contributed by atoms with van der Waals surface area (Å²) >= 11 is 0. The monoisotopic (exact) mass is 175 g/mol. The molecular formula is H4CaMnO3Si. The van der Waals surface area contributed by atoms with Crippen molar-refractivity contribution in [1.29, 1.82) is 0 Å². The number of rotatable bonds is 0. The SMILES string of the molecule is O=[Si](O)O.[CaH2].[Mn]. The summed E-state index contributed by atoms with van der Waals surface area (Å²) in [6.07, 6.45) is 0. The first-order chi connectivity index (χ1) is 1.73. The minimum atomic E-state index is -3.13. The van der Waals surface area contributed by atoms with Crippen LogP contribution in [0, 0.1) is 0 Å². The molecular weight excluding hydrogens is 171 g/mol. The van der Waals surface area contributed by atoms with Crippen LogP contribution < -0.4 is 0 Å². The standard InChI is InChI=1S/Ca.Mn.H2O3Si.2H/c;;1-4(2)3;;/h;;1-2H;;. The Morgan fingerprint density at radius 2 is 1.33 bits per heavy atom. The Morgan fingerprint density at radius 1 is 1.33 bits per heavy atom. The van der Waals surface area contributed by atoms with Gasteiger partial charge >= 0.3 is 46.9 Å². The van der Waals surface area contributed by atoms with Crippen molar-refractivity contribution >= 4 is 46.9 Å². The molecule has 0 amide bonds. The Labute approximate surface area is 77.1 Å². The first-order valence-corrected chi connectivity index (χ1v) is 1.95. The molecule has 0 saturated carbocycles. The quantitative estimate of drug-likeness (QED) is 0.399. The minimum absolute atomic E-state index is 0. The predicted molar refractivity (Wildman–Crippen MR) is 19.4 cm³/mol. The third kappa shape index (κ3) is 53.5. The maximum Gasteiger partial charge on any atom is 0 e. The van der Waals surface area contributed by atoms with Gasteiger partial charge in [0.05, 0.1) is 0 Å². The fraction of sp³-hybridized carbons (Fsp3) is 0. The number of hydrogen-bond acceptors (Lipinski definition) is 1. The van der Waals surface area contributed by atoms with Crippen molar-refractivity contribution in [2.75, 3.05) is 0 Å². The molecule has 0 aromatic heterocycles. The first kappa shape index (κ1) is 15.7. The fourth-order valence-electron chi connectivity index (χ4n) is 0. The molecule has 0 aliphatic carbocycles. The van der Waals surface area contributed by atoms with Gasteiger partial charge in [-0.2, -0.15) is 0 Å². The summed E-state index contributed by atoms with van der Waals surface area (Å²) in [7, 11) is -3.13. The van der Waals surface area contributed by atoms with Crippen molar-refractivity contribution in [2.45, 2.75) is 0 Å². The van der Waals surface area contributed by atoms with Crippen molar-refractivity contribution in [3.8, 4) is 0 Å². The summed E-state index contributed by atoms with van der Waals surface area (Å²) in [6.45, 7) is 0. The molecule has 0 unspecified atom stereocenters. The van der Waals surface area contributed by atoms with Gasteiger partial charge in [0, 0.05) is 17.1 Å². The molecule has 0 atom stereocenters. The maximum absolute atomic E-state index is 8.74. The normalized spacial score (nSPS) is 4.00. The van der Waals surface area contributed by atoms with E-state index >= 15 is 0 Å². The van der Waals surface area contributed by atoms with Crippen LogP contribution in [-0.2, 0) is 21.5 Å². The second-order valence-corrected chi connectivity index (χ2v) is 0.848. The fourth-order valence-corrected chi connectivity index (χ4v) is 0. The summed E-state index contributed by atoms with van der Waals surface area (Å²) < 4.78 is 8.74. The van der Waals surface area contributed by atoms with E-state index in [0.29, 0.717) is 0 Å². The molecule has 0 bridgehead atoms. The van der Waals surface area contributed by atoms with Crippen molar-refractivity contribution in [1.82, 2.24) is 0 Å². The van der Waals surface area contributed by atoms with E-state index < -0.39 is 9.17 Å². The summed E-state index contributed by atoms with van der Waals surface area (Å²) in [4.78, 5) is 14.3. The van der Waals surface area contributed by atoms with E-state index in [1.165, 1.54) is 0 Å². The minimum Gasteiger partial charge on any atom is 0 e. The van der Waals surface area contributed by atoms with Gasteiger partial charge in [0.1, 0.15) is 0 Å². The van der Waals surface area contributed by atoms with E-state index in [1.807, 2.05) is 0 Å². The smallest absolute Gasteiger partial charge is 0 e. The first-order valence-electron chi connectivity index (χ1n) is 0.651. The molecule has 0 rings (SSSR count). The maximum atomic E-state index is 8.74. The zero-order valence-electron chi connectivity index (χ0n) is 2.18. The van der Waals surface area contributed by atoms with Crippen LogP contribution in [0.2, 0.25) is 0 Å². The average molecular weight is 175 g/mol. The van der Waals surface area contributed by atoms with Gasteiger partial charge in [-0.05, 0) is 0 Å². The van der Waals surface area contributed by atoms with Gasteiger partial charge in [-0.1, -0.05) is 0 Å². The summed E-state index contributed by atoms with van der Waals surface area (Å²) in [6, 6.07) is 0. The Kier molecular flexibility index (Phi) is 25.1. The summed E-state index contributed by atoms with van der Waals surface area (Å²) in [5.41, 5.74) is 0. The molecule has 2 N–H and O–H groups in total. The average Bonchev–Trinajstić information content (AvgIpc) is 0.811. The van der Waals surface area contributed by atoms with Crippen LogP contribution in [0.5, 0.6) is 0 Å². The third-order valence-corrected chi connectivity index (χ3v) is 0. The molecule has 0 aliphatic heterocycles. The molecule has 0 aliphatic rings. The van der Waals surface area contributed by atoms with Gasteiger partial charge in [-0.3, -0.25) is 4.46 Å². The van der Waals surface area contributed by atoms with Crippen LogP contribution in [0.3, 0.4) is 0 Å². The van der Waals surface area contributed by atoms with Crippen LogP contribution in [-0.4, -0.2) is 56.5 Å². The zero-order valence-corrected chi connectivity index (χ0v) is 4.36. The van der Waals surface area contributed by atoms with Crippen LogP contribution in [0.4, 0.5) is 0 Å². The number of hydrogen-bond donors (Lipinski definition) is 2. The van der Waals surface area contributed by atoms with Crippen LogP contribution in [0.1, 0.15) is 0 Å². The van der Waals surface area contributed by atoms with Crippen LogP contribution in [0.15, 0.2) is 0 Å². The molecule has 0 aromatic carbocycles. The van der Waals surface area contributed by atoms with Crippen molar-refractivity contribution in [3.05, 3.63) is 0 Å². The third-order valence-electron chi connectivity index (χ3n) is 0. The van der Waals surface area contributed by atoms with Crippen molar-refractivity contribution < 1.29 is 31.1 Å². The van der Waals surface area contributed by atoms with Gasteiger partial charge in [-0.15, -0.1) is 0 Å². The van der Waals surface area contributed by atoms with E-state index in [4.69, 9.17) is 14.1 Å². The van der Waals surface area contributed by atoms with Crippen LogP contribution in [0.25, 0.3) is 0 Å². The van der Waals surface area contributed by atoms with Gasteiger partial charge in [-0.25, -0.2) is 0 Å². The van der Waals surface area contributed by atoms with E-state index in [1.54, 1.807) is 0 Å². The predicted octanol–water partition coefficient (Wildman–Crippen LogP) is -2.53. The van der Waals surface area contributed by atoms with Crippen LogP contribution >= 0.6 is 0 Å². The molecule has 0 aromatic rings. The molecule has 0 spiro atoms. The molecule has 35 valence electrons.